The first-order chi connectivity index (χ1) is 6.07. The van der Waals surface area contributed by atoms with Crippen LogP contribution < -0.4 is 0 Å². The van der Waals surface area contributed by atoms with Crippen molar-refractivity contribution < 1.29 is 0 Å². The van der Waals surface area contributed by atoms with Gasteiger partial charge in [-0.3, -0.25) is 0 Å². The highest BCUT2D eigenvalue weighted by Crippen LogP contribution is 2.19. The Kier molecular flexibility index (Phi) is 7.98. The third-order valence-electron chi connectivity index (χ3n) is 1.04. The predicted octanol–water partition coefficient (Wildman–Crippen LogP) is 4.85. The summed E-state index contributed by atoms with van der Waals surface area (Å²) in [7, 11) is 0. The van der Waals surface area contributed by atoms with E-state index in [2.05, 4.69) is 0 Å². The molecule has 0 bridgehead atoms. The number of alkyl halides is 2. The van der Waals surface area contributed by atoms with Crippen molar-refractivity contribution in [2.75, 3.05) is 5.88 Å². The number of rotatable bonds is 1. The van der Waals surface area contributed by atoms with Gasteiger partial charge < -0.3 is 0 Å². The minimum absolute atomic E-state index is 0.122. The fraction of sp³-hybridized carbons (Fsp3) is 0.333. The molecule has 0 saturated carbocycles. The molecular weight excluding hydrogens is 250 g/mol. The van der Waals surface area contributed by atoms with Crippen molar-refractivity contribution in [3.63, 3.8) is 0 Å². The van der Waals surface area contributed by atoms with Crippen molar-refractivity contribution in [3.05, 3.63) is 34.3 Å². The van der Waals surface area contributed by atoms with Crippen LogP contribution in [0.15, 0.2) is 24.3 Å². The lowest BCUT2D eigenvalue weighted by Crippen LogP contribution is -1.87. The van der Waals surface area contributed by atoms with Crippen molar-refractivity contribution >= 4 is 46.4 Å². The summed E-state index contributed by atoms with van der Waals surface area (Å²) in [5, 5.41) is 1.33. The van der Waals surface area contributed by atoms with E-state index < -0.39 is 0 Å². The Morgan fingerprint density at radius 1 is 1.15 bits per heavy atom. The van der Waals surface area contributed by atoms with Crippen molar-refractivity contribution in [1.29, 1.82) is 0 Å². The van der Waals surface area contributed by atoms with Crippen LogP contribution in [0.3, 0.4) is 0 Å². The Balaban J connectivity index is 0.000000252. The lowest BCUT2D eigenvalue weighted by molar-refractivity contribution is 1.11. The minimum atomic E-state index is 0.122. The molecule has 0 saturated heterocycles. The van der Waals surface area contributed by atoms with Gasteiger partial charge in [-0.25, -0.2) is 0 Å². The SMILES string of the molecule is CC(Cl)CCl.Clc1ccccc1Cl. The van der Waals surface area contributed by atoms with Crippen LogP contribution in [0, 0.1) is 0 Å². The quantitative estimate of drug-likeness (QED) is 0.633. The van der Waals surface area contributed by atoms with Crippen molar-refractivity contribution in [3.8, 4) is 0 Å². The zero-order chi connectivity index (χ0) is 10.3. The molecule has 0 amide bonds. The van der Waals surface area contributed by atoms with Crippen LogP contribution >= 0.6 is 46.4 Å². The summed E-state index contributed by atoms with van der Waals surface area (Å²) < 4.78 is 0. The highest BCUT2D eigenvalue weighted by molar-refractivity contribution is 6.41. The molecule has 1 aromatic carbocycles. The van der Waals surface area contributed by atoms with Crippen LogP contribution in [-0.4, -0.2) is 11.3 Å². The van der Waals surface area contributed by atoms with Crippen LogP contribution in [0.5, 0.6) is 0 Å². The summed E-state index contributed by atoms with van der Waals surface area (Å²) in [6, 6.07) is 7.19. The second kappa shape index (κ2) is 7.75. The Morgan fingerprint density at radius 2 is 1.46 bits per heavy atom. The van der Waals surface area contributed by atoms with Crippen LogP contribution in [-0.2, 0) is 0 Å². The maximum atomic E-state index is 5.58. The lowest BCUT2D eigenvalue weighted by Gasteiger charge is -1.88. The van der Waals surface area contributed by atoms with Gasteiger partial charge in [0.1, 0.15) is 0 Å². The number of hydrogen-bond acceptors (Lipinski definition) is 0. The first-order valence-electron chi connectivity index (χ1n) is 3.68. The van der Waals surface area contributed by atoms with Gasteiger partial charge in [-0.1, -0.05) is 35.3 Å². The third kappa shape index (κ3) is 7.45. The molecule has 4 heteroatoms. The van der Waals surface area contributed by atoms with E-state index in [9.17, 15) is 0 Å². The summed E-state index contributed by atoms with van der Waals surface area (Å²) in [6.07, 6.45) is 0. The Bertz CT molecular complexity index is 214. The van der Waals surface area contributed by atoms with Crippen molar-refractivity contribution in [2.24, 2.45) is 0 Å². The van der Waals surface area contributed by atoms with E-state index in [0.29, 0.717) is 15.9 Å². The van der Waals surface area contributed by atoms with Crippen LogP contribution in [0.4, 0.5) is 0 Å². The molecule has 0 spiro atoms. The smallest absolute Gasteiger partial charge is 0.0592 e. The maximum absolute atomic E-state index is 5.58. The van der Waals surface area contributed by atoms with Crippen molar-refractivity contribution in [1.82, 2.24) is 0 Å². The minimum Gasteiger partial charge on any atom is -0.125 e. The van der Waals surface area contributed by atoms with E-state index in [-0.39, 0.29) is 5.38 Å². The summed E-state index contributed by atoms with van der Waals surface area (Å²) in [4.78, 5) is 0. The highest BCUT2D eigenvalue weighted by atomic mass is 35.5. The molecule has 0 aliphatic carbocycles. The Labute approximate surface area is 98.7 Å². The summed E-state index contributed by atoms with van der Waals surface area (Å²) in [6.45, 7) is 1.86. The summed E-state index contributed by atoms with van der Waals surface area (Å²) in [5.41, 5.74) is 0. The zero-order valence-corrected chi connectivity index (χ0v) is 10.1. The molecule has 74 valence electrons. The molecule has 0 aliphatic heterocycles. The molecule has 1 aromatic rings. The van der Waals surface area contributed by atoms with Gasteiger partial charge in [0.25, 0.3) is 0 Å². The van der Waals surface area contributed by atoms with Crippen LogP contribution in [0.1, 0.15) is 6.92 Å². The molecule has 1 atom stereocenters. The largest absolute Gasteiger partial charge is 0.125 e. The van der Waals surface area contributed by atoms with E-state index in [1.165, 1.54) is 0 Å². The lowest BCUT2D eigenvalue weighted by atomic mass is 10.4. The number of benzene rings is 1. The zero-order valence-electron chi connectivity index (χ0n) is 7.11. The van der Waals surface area contributed by atoms with Crippen LogP contribution in [0.25, 0.3) is 0 Å². The highest BCUT2D eigenvalue weighted by Gasteiger charge is 1.89. The molecule has 0 heterocycles. The van der Waals surface area contributed by atoms with E-state index >= 15 is 0 Å². The maximum Gasteiger partial charge on any atom is 0.0592 e. The van der Waals surface area contributed by atoms with Gasteiger partial charge in [-0.15, -0.1) is 23.2 Å². The second-order valence-corrected chi connectivity index (χ2v) is 4.22. The molecule has 1 unspecified atom stereocenters. The second-order valence-electron chi connectivity index (χ2n) is 2.35. The molecule has 1 rings (SSSR count). The predicted molar refractivity (Wildman–Crippen MR) is 62.5 cm³/mol. The molecule has 0 aromatic heterocycles. The molecule has 0 radical (unpaired) electrons. The Hall–Kier alpha value is 0.380. The first-order valence-corrected chi connectivity index (χ1v) is 5.40. The van der Waals surface area contributed by atoms with Gasteiger partial charge in [-0.05, 0) is 19.1 Å². The standard InChI is InChI=1S/C6H4Cl2.C3H6Cl2/c7-5-3-1-2-4-6(5)8;1-3(5)2-4/h1-4H;3H,2H2,1H3. The molecule has 0 nitrogen and oxygen atoms in total. The van der Waals surface area contributed by atoms with E-state index in [4.69, 9.17) is 46.4 Å². The molecule has 0 fully saturated rings. The first kappa shape index (κ1) is 13.4. The van der Waals surface area contributed by atoms with Gasteiger partial charge in [0.05, 0.1) is 10.0 Å². The average Bonchev–Trinajstić information content (AvgIpc) is 2.11. The van der Waals surface area contributed by atoms with Crippen molar-refractivity contribution in [2.45, 2.75) is 12.3 Å². The third-order valence-corrected chi connectivity index (χ3v) is 2.57. The molecule has 0 N–H and O–H groups in total. The molecular formula is C9H10Cl4. The number of hydrogen-bond donors (Lipinski definition) is 0. The Morgan fingerprint density at radius 3 is 1.62 bits per heavy atom. The summed E-state index contributed by atoms with van der Waals surface area (Å²) in [5.74, 6) is 0.543. The van der Waals surface area contributed by atoms with Gasteiger partial charge in [0.2, 0.25) is 0 Å². The van der Waals surface area contributed by atoms with E-state index in [1.807, 2.05) is 19.1 Å². The number of halogens is 4. The van der Waals surface area contributed by atoms with Gasteiger partial charge in [-0.2, -0.15) is 0 Å². The van der Waals surface area contributed by atoms with Gasteiger partial charge in [0, 0.05) is 11.3 Å². The fourth-order valence-corrected chi connectivity index (χ4v) is 0.711. The summed E-state index contributed by atoms with van der Waals surface area (Å²) >= 11 is 21.7. The van der Waals surface area contributed by atoms with Gasteiger partial charge >= 0.3 is 0 Å². The monoisotopic (exact) mass is 258 g/mol. The fourth-order valence-electron chi connectivity index (χ4n) is 0.439. The topological polar surface area (TPSA) is 0 Å². The van der Waals surface area contributed by atoms with Gasteiger partial charge in [0.15, 0.2) is 0 Å². The van der Waals surface area contributed by atoms with E-state index in [1.54, 1.807) is 12.1 Å². The van der Waals surface area contributed by atoms with Crippen LogP contribution in [0.2, 0.25) is 10.0 Å². The average molecular weight is 260 g/mol. The van der Waals surface area contributed by atoms with E-state index in [0.717, 1.165) is 0 Å². The molecule has 0 aliphatic rings. The molecule has 13 heavy (non-hydrogen) atoms. The normalized spacial score (nSPS) is 11.5.